The van der Waals surface area contributed by atoms with E-state index in [1.54, 1.807) is 12.2 Å². The number of imide groups is 1. The van der Waals surface area contributed by atoms with E-state index in [1.807, 2.05) is 0 Å². The average Bonchev–Trinajstić information content (AvgIpc) is 1.85. The number of rotatable bonds is 1. The first-order chi connectivity index (χ1) is 5.40. The lowest BCUT2D eigenvalue weighted by atomic mass is 10.5. The number of aliphatic hydroxyl groups is 2. The van der Waals surface area contributed by atoms with Gasteiger partial charge in [-0.3, -0.25) is 5.32 Å². The molecule has 0 aliphatic heterocycles. The van der Waals surface area contributed by atoms with Crippen LogP contribution in [0.25, 0.3) is 0 Å². The molecule has 0 fully saturated rings. The second-order valence-corrected chi connectivity index (χ2v) is 1.74. The van der Waals surface area contributed by atoms with Gasteiger partial charge in [0.2, 0.25) is 0 Å². The van der Waals surface area contributed by atoms with E-state index in [1.165, 1.54) is 0 Å². The quantitative estimate of drug-likeness (QED) is 0.310. The number of aliphatic hydroxyl groups excluding tert-OH is 1. The van der Waals surface area contributed by atoms with Crippen LogP contribution >= 0.6 is 0 Å². The summed E-state index contributed by atoms with van der Waals surface area (Å²) >= 11 is 0. The van der Waals surface area contributed by atoms with Crippen LogP contribution in [0.15, 0.2) is 0 Å². The molecule has 4 amide bonds. The molecule has 72 valence electrons. The minimum absolute atomic E-state index is 0.417. The second kappa shape index (κ2) is 7.76. The highest BCUT2D eigenvalue weighted by Crippen LogP contribution is 1.77. The van der Waals surface area contributed by atoms with Gasteiger partial charge in [-0.15, -0.1) is 0 Å². The van der Waals surface area contributed by atoms with Crippen LogP contribution in [0.4, 0.5) is 9.59 Å². The Morgan fingerprint density at radius 2 is 1.58 bits per heavy atom. The molecule has 0 bridgehead atoms. The number of hydrogen-bond acceptors (Lipinski definition) is 4. The standard InChI is InChI=1S/C3H8O2.C2H5N3O2/c1-2-3(4)5;3-1(6)5-2(4)7/h3-5H,2H2,1H3;(H5,3,4,5,6,7). The van der Waals surface area contributed by atoms with Gasteiger partial charge in [0.1, 0.15) is 0 Å². The number of nitrogens with one attached hydrogen (secondary N) is 1. The molecule has 7 nitrogen and oxygen atoms in total. The third kappa shape index (κ3) is 23.4. The summed E-state index contributed by atoms with van der Waals surface area (Å²) in [4.78, 5) is 19.2. The molecule has 0 radical (unpaired) electrons. The van der Waals surface area contributed by atoms with E-state index in [0.717, 1.165) is 0 Å². The SMILES string of the molecule is CCC(O)O.NC(=O)NC(N)=O. The first-order valence-electron chi connectivity index (χ1n) is 3.12. The van der Waals surface area contributed by atoms with Crippen molar-refractivity contribution in [3.63, 3.8) is 0 Å². The molecule has 0 saturated heterocycles. The van der Waals surface area contributed by atoms with E-state index in [9.17, 15) is 9.59 Å². The summed E-state index contributed by atoms with van der Waals surface area (Å²) in [6.45, 7) is 1.70. The Balaban J connectivity index is 0. The maximum absolute atomic E-state index is 9.62. The normalized spacial score (nSPS) is 8.33. The molecule has 0 atom stereocenters. The number of nitrogens with two attached hydrogens (primary N) is 2. The van der Waals surface area contributed by atoms with Crippen LogP contribution in [-0.4, -0.2) is 28.6 Å². The van der Waals surface area contributed by atoms with Gasteiger partial charge in [0, 0.05) is 0 Å². The molecule has 0 aliphatic carbocycles. The molecule has 0 aromatic carbocycles. The Kier molecular flexibility index (Phi) is 8.58. The summed E-state index contributed by atoms with van der Waals surface area (Å²) in [7, 11) is 0. The van der Waals surface area contributed by atoms with Crippen molar-refractivity contribution in [1.82, 2.24) is 5.32 Å². The van der Waals surface area contributed by atoms with Gasteiger partial charge in [0.25, 0.3) is 0 Å². The Hall–Kier alpha value is -1.34. The van der Waals surface area contributed by atoms with E-state index in [4.69, 9.17) is 10.2 Å². The Bertz CT molecular complexity index is 136. The maximum atomic E-state index is 9.62. The van der Waals surface area contributed by atoms with Gasteiger partial charge in [-0.25, -0.2) is 9.59 Å². The van der Waals surface area contributed by atoms with E-state index in [-0.39, 0.29) is 0 Å². The molecule has 0 aromatic heterocycles. The molecule has 0 spiro atoms. The van der Waals surface area contributed by atoms with E-state index >= 15 is 0 Å². The predicted octanol–water partition coefficient (Wildman–Crippen LogP) is -1.56. The van der Waals surface area contributed by atoms with Gasteiger partial charge >= 0.3 is 12.1 Å². The van der Waals surface area contributed by atoms with Gasteiger partial charge in [-0.05, 0) is 6.42 Å². The van der Waals surface area contributed by atoms with Crippen LogP contribution in [0.5, 0.6) is 0 Å². The van der Waals surface area contributed by atoms with Crippen LogP contribution in [0, 0.1) is 0 Å². The molecule has 0 heterocycles. The number of hydrogen-bond donors (Lipinski definition) is 5. The number of carbonyl (C=O) groups is 2. The molecule has 0 rings (SSSR count). The highest BCUT2D eigenvalue weighted by molar-refractivity contribution is 5.91. The molecular weight excluding hydrogens is 166 g/mol. The van der Waals surface area contributed by atoms with Crippen molar-refractivity contribution in [2.24, 2.45) is 11.5 Å². The first kappa shape index (κ1) is 13.3. The molecular formula is C5H13N3O4. The van der Waals surface area contributed by atoms with Crippen LogP contribution in [0.3, 0.4) is 0 Å². The van der Waals surface area contributed by atoms with Crippen molar-refractivity contribution in [3.05, 3.63) is 0 Å². The zero-order valence-corrected chi connectivity index (χ0v) is 6.65. The smallest absolute Gasteiger partial charge is 0.320 e. The number of urea groups is 2. The Morgan fingerprint density at radius 1 is 1.33 bits per heavy atom. The fraction of sp³-hybridized carbons (Fsp3) is 0.600. The summed E-state index contributed by atoms with van der Waals surface area (Å²) in [6, 6.07) is -1.88. The molecule has 0 saturated carbocycles. The lowest BCUT2D eigenvalue weighted by molar-refractivity contribution is -0.0413. The predicted molar refractivity (Wildman–Crippen MR) is 40.8 cm³/mol. The lowest BCUT2D eigenvalue weighted by Crippen LogP contribution is -2.38. The van der Waals surface area contributed by atoms with Crippen molar-refractivity contribution in [3.8, 4) is 0 Å². The molecule has 0 aliphatic rings. The monoisotopic (exact) mass is 179 g/mol. The van der Waals surface area contributed by atoms with Crippen molar-refractivity contribution in [1.29, 1.82) is 0 Å². The van der Waals surface area contributed by atoms with Gasteiger partial charge in [-0.1, -0.05) is 6.92 Å². The van der Waals surface area contributed by atoms with E-state index in [0.29, 0.717) is 6.42 Å². The number of amides is 4. The zero-order chi connectivity index (χ0) is 10.1. The summed E-state index contributed by atoms with van der Waals surface area (Å²) in [6.07, 6.45) is -0.699. The van der Waals surface area contributed by atoms with Gasteiger partial charge in [0.05, 0.1) is 0 Å². The zero-order valence-electron chi connectivity index (χ0n) is 6.65. The van der Waals surface area contributed by atoms with Crippen molar-refractivity contribution in [2.45, 2.75) is 19.6 Å². The van der Waals surface area contributed by atoms with Gasteiger partial charge in [0.15, 0.2) is 6.29 Å². The first-order valence-corrected chi connectivity index (χ1v) is 3.12. The van der Waals surface area contributed by atoms with Crippen molar-refractivity contribution >= 4 is 12.1 Å². The topological polar surface area (TPSA) is 139 Å². The second-order valence-electron chi connectivity index (χ2n) is 1.74. The Labute approximate surface area is 69.3 Å². The van der Waals surface area contributed by atoms with E-state index in [2.05, 4.69) is 11.5 Å². The van der Waals surface area contributed by atoms with Gasteiger partial charge in [-0.2, -0.15) is 0 Å². The molecule has 7 N–H and O–H groups in total. The van der Waals surface area contributed by atoms with Crippen LogP contribution in [-0.2, 0) is 0 Å². The maximum Gasteiger partial charge on any atom is 0.320 e. The van der Waals surface area contributed by atoms with Crippen LogP contribution in [0.2, 0.25) is 0 Å². The molecule has 0 unspecified atom stereocenters. The summed E-state index contributed by atoms with van der Waals surface area (Å²) in [5, 5.41) is 17.4. The molecule has 12 heavy (non-hydrogen) atoms. The van der Waals surface area contributed by atoms with E-state index < -0.39 is 18.4 Å². The highest BCUT2D eigenvalue weighted by atomic mass is 16.5. The van der Waals surface area contributed by atoms with Gasteiger partial charge < -0.3 is 21.7 Å². The fourth-order valence-electron chi connectivity index (χ4n) is 0.121. The van der Waals surface area contributed by atoms with Crippen LogP contribution < -0.4 is 16.8 Å². The highest BCUT2D eigenvalue weighted by Gasteiger charge is 1.92. The minimum Gasteiger partial charge on any atom is -0.368 e. The largest absolute Gasteiger partial charge is 0.368 e. The fourth-order valence-corrected chi connectivity index (χ4v) is 0.121. The summed E-state index contributed by atoms with van der Waals surface area (Å²) in [5.74, 6) is 0. The van der Waals surface area contributed by atoms with Crippen molar-refractivity contribution in [2.75, 3.05) is 0 Å². The molecule has 0 aromatic rings. The minimum atomic E-state index is -1.12. The summed E-state index contributed by atoms with van der Waals surface area (Å²) in [5.41, 5.74) is 8.88. The number of primary amides is 2. The Morgan fingerprint density at radius 3 is 1.58 bits per heavy atom. The molecule has 7 heteroatoms. The third-order valence-corrected chi connectivity index (χ3v) is 0.612. The number of carbonyl (C=O) groups excluding carboxylic acids is 2. The lowest BCUT2D eigenvalue weighted by Gasteiger charge is -1.90. The third-order valence-electron chi connectivity index (χ3n) is 0.612. The van der Waals surface area contributed by atoms with Crippen LogP contribution in [0.1, 0.15) is 13.3 Å². The van der Waals surface area contributed by atoms with Crippen molar-refractivity contribution < 1.29 is 19.8 Å². The average molecular weight is 179 g/mol. The summed E-state index contributed by atoms with van der Waals surface area (Å²) < 4.78 is 0.